The number of hydrogen-bond acceptors (Lipinski definition) is 20. The quantitative estimate of drug-likeness (QED) is 0.0217. The Morgan fingerprint density at radius 2 is 0.826 bits per heavy atom. The molecule has 0 atom stereocenters. The fourth-order valence-corrected chi connectivity index (χ4v) is 16.0. The first-order chi connectivity index (χ1) is 22.2. The third kappa shape index (κ3) is 23.4. The van der Waals surface area contributed by atoms with E-state index in [9.17, 15) is 9.59 Å². The minimum Gasteiger partial charge on any atom is -0.374 e. The molecule has 22 heteroatoms. The molecule has 0 amide bonds. The normalized spacial score (nSPS) is 12.3. The van der Waals surface area contributed by atoms with E-state index in [1.54, 1.807) is 0 Å². The lowest BCUT2D eigenvalue weighted by Gasteiger charge is -2.28. The standard InChI is InChI=1S/C24H52N2O10S8Si2/c1-9-29-45(30-10-2,31-11-3)21-17-15-19-39-25(37-7)35-23(27)41-43-44-42-24(28)36-26(38-8)40-20-16-18-22-46(32-12-4,33-13-5)34-14-6/h9-22H2,1-8H3. The van der Waals surface area contributed by atoms with Gasteiger partial charge in [-0.25, -0.2) is 9.59 Å². The summed E-state index contributed by atoms with van der Waals surface area (Å²) in [6.45, 7) is 15.1. The Kier molecular flexibility index (Phi) is 32.9. The summed E-state index contributed by atoms with van der Waals surface area (Å²) in [4.78, 5) is 35.4. The summed E-state index contributed by atoms with van der Waals surface area (Å²) in [5.74, 6) is 1.52. The minimum absolute atomic E-state index is 0.477. The Bertz CT molecular complexity index is 686. The van der Waals surface area contributed by atoms with Crippen LogP contribution < -0.4 is 0 Å². The topological polar surface area (TPSA) is 114 Å². The highest BCUT2D eigenvalue weighted by molar-refractivity contribution is 9.28. The van der Waals surface area contributed by atoms with E-state index in [2.05, 4.69) is 0 Å². The van der Waals surface area contributed by atoms with Crippen molar-refractivity contribution in [2.75, 3.05) is 63.7 Å². The van der Waals surface area contributed by atoms with E-state index in [0.29, 0.717) is 39.6 Å². The van der Waals surface area contributed by atoms with Crippen LogP contribution in [0.15, 0.2) is 0 Å². The second-order valence-electron chi connectivity index (χ2n) is 8.34. The van der Waals surface area contributed by atoms with E-state index in [1.807, 2.05) is 54.1 Å². The summed E-state index contributed by atoms with van der Waals surface area (Å²) < 4.78 is 38.4. The minimum atomic E-state index is -2.64. The van der Waals surface area contributed by atoms with E-state index >= 15 is 0 Å². The average Bonchev–Trinajstić information content (AvgIpc) is 3.02. The van der Waals surface area contributed by atoms with Crippen LogP contribution in [0.3, 0.4) is 0 Å². The largest absolute Gasteiger partial charge is 0.500 e. The highest BCUT2D eigenvalue weighted by atomic mass is 33.7. The Labute approximate surface area is 311 Å². The van der Waals surface area contributed by atoms with Crippen molar-refractivity contribution in [3.05, 3.63) is 0 Å². The molecule has 0 radical (unpaired) electrons. The van der Waals surface area contributed by atoms with Gasteiger partial charge in [0.15, 0.2) is 0 Å². The zero-order valence-corrected chi connectivity index (χ0v) is 36.7. The lowest BCUT2D eigenvalue weighted by Crippen LogP contribution is -2.45. The van der Waals surface area contributed by atoms with Gasteiger partial charge in [0.25, 0.3) is 0 Å². The second-order valence-corrected chi connectivity index (χ2v) is 23.2. The summed E-state index contributed by atoms with van der Waals surface area (Å²) in [6.07, 6.45) is 7.22. The van der Waals surface area contributed by atoms with Gasteiger partial charge in [-0.15, -0.1) is 0 Å². The van der Waals surface area contributed by atoms with Crippen molar-refractivity contribution in [2.24, 2.45) is 0 Å². The molecule has 0 rings (SSSR count). The van der Waals surface area contributed by atoms with Crippen LogP contribution in [0.5, 0.6) is 0 Å². The summed E-state index contributed by atoms with van der Waals surface area (Å²) >= 11 is 5.46. The van der Waals surface area contributed by atoms with Crippen molar-refractivity contribution in [2.45, 2.75) is 79.3 Å². The Balaban J connectivity index is 4.27. The summed E-state index contributed by atoms with van der Waals surface area (Å²) in [7, 11) is -1.19. The van der Waals surface area contributed by atoms with Crippen molar-refractivity contribution in [1.82, 2.24) is 7.75 Å². The van der Waals surface area contributed by atoms with Crippen molar-refractivity contribution >= 4 is 117 Å². The number of carbonyl (C=O) groups excluding carboxylic acids is 2. The molecule has 0 aliphatic heterocycles. The van der Waals surface area contributed by atoms with Gasteiger partial charge in [0.2, 0.25) is 0 Å². The van der Waals surface area contributed by atoms with Crippen LogP contribution in [0, 0.1) is 0 Å². The Morgan fingerprint density at radius 1 is 0.522 bits per heavy atom. The van der Waals surface area contributed by atoms with Crippen LogP contribution in [-0.4, -0.2) is 99.6 Å². The van der Waals surface area contributed by atoms with E-state index in [-0.39, 0.29) is 0 Å². The molecule has 0 aromatic rings. The SMILES string of the molecule is CCO[Si](CCCCSN(OC(=O)SSSSC(=O)ON(SC)SCCCC[Si](OCC)(OCC)OCC)SC)(OCC)OCC. The van der Waals surface area contributed by atoms with Crippen LogP contribution in [-0.2, 0) is 36.2 Å². The number of nitrogens with zero attached hydrogens (tertiary/aromatic N) is 2. The zero-order valence-electron chi connectivity index (χ0n) is 28.1. The molecule has 274 valence electrons. The summed E-state index contributed by atoms with van der Waals surface area (Å²) in [5, 5.41) is -0.953. The number of hydrogen-bond donors (Lipinski definition) is 0. The maximum absolute atomic E-state index is 12.3. The summed E-state index contributed by atoms with van der Waals surface area (Å²) in [5.41, 5.74) is 0. The summed E-state index contributed by atoms with van der Waals surface area (Å²) in [6, 6.07) is 1.50. The van der Waals surface area contributed by atoms with Crippen molar-refractivity contribution in [1.29, 1.82) is 0 Å². The van der Waals surface area contributed by atoms with E-state index < -0.39 is 28.2 Å². The predicted octanol–water partition coefficient (Wildman–Crippen LogP) is 9.88. The second kappa shape index (κ2) is 31.6. The van der Waals surface area contributed by atoms with E-state index in [0.717, 1.165) is 90.5 Å². The van der Waals surface area contributed by atoms with Gasteiger partial charge in [-0.1, -0.05) is 0 Å². The molecule has 0 saturated heterocycles. The van der Waals surface area contributed by atoms with E-state index in [1.165, 1.54) is 55.5 Å². The molecule has 0 bridgehead atoms. The molecule has 0 aliphatic carbocycles. The zero-order chi connectivity index (χ0) is 34.5. The molecular formula is C24H52N2O10S8Si2. The van der Waals surface area contributed by atoms with Gasteiger partial charge >= 0.3 is 28.2 Å². The monoisotopic (exact) mass is 840 g/mol. The maximum Gasteiger partial charge on any atom is 0.500 e. The van der Waals surface area contributed by atoms with Gasteiger partial charge in [0, 0.05) is 97.3 Å². The average molecular weight is 841 g/mol. The van der Waals surface area contributed by atoms with Crippen molar-refractivity contribution in [3.63, 3.8) is 0 Å². The molecule has 0 aliphatic rings. The highest BCUT2D eigenvalue weighted by Gasteiger charge is 2.40. The molecule has 0 saturated carbocycles. The van der Waals surface area contributed by atoms with Gasteiger partial charge in [0.1, 0.15) is 0 Å². The molecule has 12 nitrogen and oxygen atoms in total. The molecule has 46 heavy (non-hydrogen) atoms. The van der Waals surface area contributed by atoms with Gasteiger partial charge in [0.05, 0.1) is 0 Å². The smallest absolute Gasteiger partial charge is 0.374 e. The molecule has 0 spiro atoms. The highest BCUT2D eigenvalue weighted by Crippen LogP contribution is 2.45. The number of carbonyl (C=O) groups is 2. The van der Waals surface area contributed by atoms with Crippen LogP contribution in [0.2, 0.25) is 12.1 Å². The number of unbranched alkanes of at least 4 members (excludes halogenated alkanes) is 2. The van der Waals surface area contributed by atoms with Crippen LogP contribution in [0.1, 0.15) is 67.2 Å². The van der Waals surface area contributed by atoms with E-state index in [4.69, 9.17) is 36.2 Å². The van der Waals surface area contributed by atoms with Crippen LogP contribution in [0.25, 0.3) is 0 Å². The molecule has 0 heterocycles. The third-order valence-corrected chi connectivity index (χ3v) is 20.5. The third-order valence-electron chi connectivity index (χ3n) is 5.16. The molecular weight excluding hydrogens is 789 g/mol. The Hall–Kier alpha value is 1.85. The molecule has 0 fully saturated rings. The van der Waals surface area contributed by atoms with Gasteiger partial charge < -0.3 is 36.2 Å². The van der Waals surface area contributed by atoms with Gasteiger partial charge in [-0.05, 0) is 142 Å². The lowest BCUT2D eigenvalue weighted by atomic mass is 10.4. The predicted molar refractivity (Wildman–Crippen MR) is 208 cm³/mol. The van der Waals surface area contributed by atoms with Gasteiger partial charge in [-0.3, -0.25) is 0 Å². The lowest BCUT2D eigenvalue weighted by molar-refractivity contribution is 0.0699. The van der Waals surface area contributed by atoms with Crippen molar-refractivity contribution < 1.29 is 45.8 Å². The fourth-order valence-electron chi connectivity index (χ4n) is 3.64. The maximum atomic E-state index is 12.3. The molecule has 0 N–H and O–H groups in total. The number of rotatable bonds is 31. The first kappa shape index (κ1) is 47.9. The Morgan fingerprint density at radius 3 is 1.09 bits per heavy atom. The van der Waals surface area contributed by atoms with Crippen molar-refractivity contribution in [3.8, 4) is 0 Å². The molecule has 0 unspecified atom stereocenters. The molecule has 0 aromatic heterocycles. The fraction of sp³-hybridized carbons (Fsp3) is 0.917. The first-order valence-corrected chi connectivity index (χ1v) is 28.0. The van der Waals surface area contributed by atoms with Gasteiger partial charge in [-0.2, -0.15) is 0 Å². The van der Waals surface area contributed by atoms with Crippen LogP contribution >= 0.6 is 89.0 Å². The first-order valence-electron chi connectivity index (χ1n) is 15.1. The molecule has 0 aromatic carbocycles. The van der Waals surface area contributed by atoms with Crippen LogP contribution in [0.4, 0.5) is 9.59 Å².